The molecule has 2 aliphatic rings. The molecule has 1 fully saturated rings. The molecule has 0 N–H and O–H groups in total. The first-order valence-corrected chi connectivity index (χ1v) is 9.56. The van der Waals surface area contributed by atoms with E-state index in [0.29, 0.717) is 36.9 Å². The van der Waals surface area contributed by atoms with Gasteiger partial charge in [-0.1, -0.05) is 22.0 Å². The number of rotatable bonds is 1. The lowest BCUT2D eigenvalue weighted by molar-refractivity contribution is 0.0566. The summed E-state index contributed by atoms with van der Waals surface area (Å²) in [6.07, 6.45) is 1.03. The van der Waals surface area contributed by atoms with Crippen molar-refractivity contribution in [2.45, 2.75) is 18.9 Å². The van der Waals surface area contributed by atoms with Crippen molar-refractivity contribution >= 4 is 32.8 Å². The predicted molar refractivity (Wildman–Crippen MR) is 101 cm³/mol. The number of carbonyl (C=O) groups is 1. The summed E-state index contributed by atoms with van der Waals surface area (Å²) in [7, 11) is 0. The Morgan fingerprint density at radius 1 is 1.12 bits per heavy atom. The Labute approximate surface area is 158 Å². The second-order valence-electron chi connectivity index (χ2n) is 7.20. The zero-order valence-electron chi connectivity index (χ0n) is 14.0. The smallest absolute Gasteiger partial charge is 0.289 e. The molecule has 2 aliphatic heterocycles. The molecule has 6 heteroatoms. The Hall–Kier alpha value is -2.34. The van der Waals surface area contributed by atoms with Crippen molar-refractivity contribution in [3.05, 3.63) is 68.7 Å². The molecule has 5 nitrogen and oxygen atoms in total. The molecular formula is C20H17BrN2O3. The van der Waals surface area contributed by atoms with Gasteiger partial charge < -0.3 is 13.9 Å². The molecule has 5 rings (SSSR count). The quantitative estimate of drug-likeness (QED) is 0.613. The van der Waals surface area contributed by atoms with Gasteiger partial charge in [-0.25, -0.2) is 0 Å². The largest absolute Gasteiger partial charge is 0.451 e. The number of benzene rings is 1. The van der Waals surface area contributed by atoms with Gasteiger partial charge in [-0.2, -0.15) is 0 Å². The van der Waals surface area contributed by atoms with Crippen molar-refractivity contribution in [3.63, 3.8) is 0 Å². The molecule has 26 heavy (non-hydrogen) atoms. The fraction of sp³-hybridized carbons (Fsp3) is 0.300. The van der Waals surface area contributed by atoms with Gasteiger partial charge in [0, 0.05) is 47.2 Å². The minimum Gasteiger partial charge on any atom is -0.451 e. The van der Waals surface area contributed by atoms with Crippen LogP contribution in [0.2, 0.25) is 0 Å². The highest BCUT2D eigenvalue weighted by atomic mass is 79.9. The molecule has 4 heterocycles. The Kier molecular flexibility index (Phi) is 3.57. The third-order valence-electron chi connectivity index (χ3n) is 5.46. The predicted octanol–water partition coefficient (Wildman–Crippen LogP) is 3.62. The van der Waals surface area contributed by atoms with Crippen molar-refractivity contribution in [3.8, 4) is 0 Å². The normalized spacial score (nSPS) is 21.7. The first-order valence-electron chi connectivity index (χ1n) is 8.76. The number of fused-ring (bicyclic) bond motifs is 5. The van der Waals surface area contributed by atoms with E-state index in [1.54, 1.807) is 6.07 Å². The summed E-state index contributed by atoms with van der Waals surface area (Å²) in [6, 6.07) is 13.0. The molecular weight excluding hydrogens is 396 g/mol. The molecule has 1 aromatic carbocycles. The van der Waals surface area contributed by atoms with E-state index in [1.807, 2.05) is 45.9 Å². The van der Waals surface area contributed by atoms with E-state index in [1.165, 1.54) is 0 Å². The lowest BCUT2D eigenvalue weighted by atomic mass is 9.83. The van der Waals surface area contributed by atoms with Gasteiger partial charge in [0.2, 0.25) is 0 Å². The molecule has 132 valence electrons. The van der Waals surface area contributed by atoms with E-state index in [4.69, 9.17) is 4.42 Å². The maximum Gasteiger partial charge on any atom is 0.289 e. The Morgan fingerprint density at radius 2 is 2.00 bits per heavy atom. The molecule has 2 aromatic heterocycles. The van der Waals surface area contributed by atoms with Crippen LogP contribution in [0.25, 0.3) is 11.0 Å². The molecule has 0 unspecified atom stereocenters. The average molecular weight is 413 g/mol. The van der Waals surface area contributed by atoms with Crippen LogP contribution in [-0.4, -0.2) is 28.5 Å². The number of nitrogens with zero attached hydrogens (tertiary/aromatic N) is 2. The summed E-state index contributed by atoms with van der Waals surface area (Å²) < 4.78 is 8.61. The summed E-state index contributed by atoms with van der Waals surface area (Å²) in [6.45, 7) is 1.97. The van der Waals surface area contributed by atoms with Crippen molar-refractivity contribution in [1.29, 1.82) is 0 Å². The number of piperidine rings is 1. The number of aromatic nitrogens is 1. The van der Waals surface area contributed by atoms with Gasteiger partial charge in [-0.3, -0.25) is 9.59 Å². The molecule has 0 radical (unpaired) electrons. The van der Waals surface area contributed by atoms with Gasteiger partial charge in [0.05, 0.1) is 0 Å². The third-order valence-corrected chi connectivity index (χ3v) is 5.95. The van der Waals surface area contributed by atoms with Gasteiger partial charge in [0.25, 0.3) is 11.5 Å². The highest BCUT2D eigenvalue weighted by Gasteiger charge is 2.37. The van der Waals surface area contributed by atoms with Gasteiger partial charge in [0.15, 0.2) is 5.76 Å². The zero-order valence-corrected chi connectivity index (χ0v) is 15.6. The summed E-state index contributed by atoms with van der Waals surface area (Å²) in [5.74, 6) is 0.824. The molecule has 2 bridgehead atoms. The van der Waals surface area contributed by atoms with E-state index >= 15 is 0 Å². The number of halogens is 1. The lowest BCUT2D eigenvalue weighted by Crippen LogP contribution is -2.49. The SMILES string of the molecule is O=C(c1cc2cc(Br)ccc2o1)N1C[C@H]2C[C@@H](C1)c1cccc(=O)n1C2. The van der Waals surface area contributed by atoms with E-state index in [0.717, 1.165) is 22.0 Å². The van der Waals surface area contributed by atoms with E-state index in [2.05, 4.69) is 15.9 Å². The fourth-order valence-corrected chi connectivity index (χ4v) is 4.72. The number of carbonyl (C=O) groups excluding carboxylic acids is 1. The van der Waals surface area contributed by atoms with Gasteiger partial charge >= 0.3 is 0 Å². The number of hydrogen-bond acceptors (Lipinski definition) is 3. The molecule has 0 saturated carbocycles. The van der Waals surface area contributed by atoms with Crippen LogP contribution in [0, 0.1) is 5.92 Å². The summed E-state index contributed by atoms with van der Waals surface area (Å²) >= 11 is 3.44. The number of furan rings is 1. The summed E-state index contributed by atoms with van der Waals surface area (Å²) in [4.78, 5) is 27.0. The Morgan fingerprint density at radius 3 is 2.88 bits per heavy atom. The second kappa shape index (κ2) is 5.84. The lowest BCUT2D eigenvalue weighted by Gasteiger charge is -2.42. The molecule has 0 aliphatic carbocycles. The molecule has 0 spiro atoms. The standard InChI is InChI=1S/C20H17BrN2O3/c21-15-4-5-17-13(7-15)8-18(26-17)20(25)22-9-12-6-14(11-22)16-2-1-3-19(24)23(16)10-12/h1-5,7-8,12,14H,6,9-11H2/t12-,14+/m1/s1. The van der Waals surface area contributed by atoms with E-state index < -0.39 is 0 Å². The van der Waals surface area contributed by atoms with E-state index in [-0.39, 0.29) is 17.4 Å². The van der Waals surface area contributed by atoms with Crippen LogP contribution in [0.3, 0.4) is 0 Å². The van der Waals surface area contributed by atoms with Crippen LogP contribution < -0.4 is 5.56 Å². The van der Waals surface area contributed by atoms with Crippen LogP contribution in [0.4, 0.5) is 0 Å². The number of amides is 1. The van der Waals surface area contributed by atoms with Gasteiger partial charge in [0.1, 0.15) is 5.58 Å². The minimum atomic E-state index is -0.0706. The summed E-state index contributed by atoms with van der Waals surface area (Å²) in [5, 5.41) is 0.914. The van der Waals surface area contributed by atoms with Crippen LogP contribution in [0.1, 0.15) is 28.6 Å². The topological polar surface area (TPSA) is 55.5 Å². The highest BCUT2D eigenvalue weighted by Crippen LogP contribution is 2.36. The Bertz CT molecular complexity index is 1080. The van der Waals surface area contributed by atoms with Crippen molar-refractivity contribution in [2.75, 3.05) is 13.1 Å². The third kappa shape index (κ3) is 2.51. The minimum absolute atomic E-state index is 0.0554. The van der Waals surface area contributed by atoms with Crippen molar-refractivity contribution < 1.29 is 9.21 Å². The summed E-state index contributed by atoms with van der Waals surface area (Å²) in [5.41, 5.74) is 1.81. The van der Waals surface area contributed by atoms with Crippen LogP contribution in [0.5, 0.6) is 0 Å². The molecule has 1 saturated heterocycles. The first kappa shape index (κ1) is 15.9. The second-order valence-corrected chi connectivity index (χ2v) is 8.12. The van der Waals surface area contributed by atoms with Gasteiger partial charge in [-0.05, 0) is 42.7 Å². The monoisotopic (exact) mass is 412 g/mol. The molecule has 1 amide bonds. The number of hydrogen-bond donors (Lipinski definition) is 0. The fourth-order valence-electron chi connectivity index (χ4n) is 4.34. The Balaban J connectivity index is 1.46. The maximum atomic E-state index is 13.0. The highest BCUT2D eigenvalue weighted by molar-refractivity contribution is 9.10. The number of likely N-dealkylation sites (tertiary alicyclic amines) is 1. The first-order chi connectivity index (χ1) is 12.6. The maximum absolute atomic E-state index is 13.0. The van der Waals surface area contributed by atoms with Crippen LogP contribution in [-0.2, 0) is 6.54 Å². The zero-order chi connectivity index (χ0) is 17.8. The molecule has 3 aromatic rings. The average Bonchev–Trinajstić information content (AvgIpc) is 3.05. The molecule has 2 atom stereocenters. The van der Waals surface area contributed by atoms with Crippen LogP contribution >= 0.6 is 15.9 Å². The van der Waals surface area contributed by atoms with Gasteiger partial charge in [-0.15, -0.1) is 0 Å². The van der Waals surface area contributed by atoms with E-state index in [9.17, 15) is 9.59 Å². The van der Waals surface area contributed by atoms with Crippen molar-refractivity contribution in [1.82, 2.24) is 9.47 Å². The van der Waals surface area contributed by atoms with Crippen molar-refractivity contribution in [2.24, 2.45) is 5.92 Å². The number of pyridine rings is 1. The van der Waals surface area contributed by atoms with Crippen LogP contribution in [0.15, 0.2) is 56.1 Å².